The van der Waals surface area contributed by atoms with Crippen LogP contribution in [0.2, 0.25) is 0 Å². The molecule has 1 heterocycles. The van der Waals surface area contributed by atoms with Gasteiger partial charge in [0.15, 0.2) is 0 Å². The van der Waals surface area contributed by atoms with E-state index in [1.165, 1.54) is 0 Å². The summed E-state index contributed by atoms with van der Waals surface area (Å²) in [5.74, 6) is 1.15. The standard InChI is InChI=1S/C12H23N3O/c1-4-16-10-7-11(13-2)5-6-12-14-8-9-15(12)3/h8-9,11,13H,4-7,10H2,1-3H3. The Morgan fingerprint density at radius 3 is 2.88 bits per heavy atom. The zero-order valence-corrected chi connectivity index (χ0v) is 10.6. The van der Waals surface area contributed by atoms with Crippen molar-refractivity contribution >= 4 is 0 Å². The van der Waals surface area contributed by atoms with E-state index in [9.17, 15) is 0 Å². The summed E-state index contributed by atoms with van der Waals surface area (Å²) in [6.07, 6.45) is 7.03. The van der Waals surface area contributed by atoms with Crippen LogP contribution in [0.3, 0.4) is 0 Å². The molecule has 0 aliphatic rings. The lowest BCUT2D eigenvalue weighted by Gasteiger charge is -2.15. The lowest BCUT2D eigenvalue weighted by atomic mass is 10.1. The SMILES string of the molecule is CCOCCC(CCc1nccn1C)NC. The van der Waals surface area contributed by atoms with Crippen LogP contribution in [0.1, 0.15) is 25.6 Å². The molecule has 0 bridgehead atoms. The average molecular weight is 225 g/mol. The van der Waals surface area contributed by atoms with Crippen molar-refractivity contribution < 1.29 is 4.74 Å². The van der Waals surface area contributed by atoms with Crippen LogP contribution in [0.15, 0.2) is 12.4 Å². The molecule has 1 aromatic heterocycles. The Balaban J connectivity index is 2.26. The zero-order valence-electron chi connectivity index (χ0n) is 10.6. The van der Waals surface area contributed by atoms with Gasteiger partial charge in [-0.15, -0.1) is 0 Å². The summed E-state index contributed by atoms with van der Waals surface area (Å²) < 4.78 is 7.44. The average Bonchev–Trinajstić information content (AvgIpc) is 2.69. The van der Waals surface area contributed by atoms with Crippen LogP contribution >= 0.6 is 0 Å². The van der Waals surface area contributed by atoms with Gasteiger partial charge in [0.25, 0.3) is 0 Å². The molecule has 0 amide bonds. The van der Waals surface area contributed by atoms with E-state index in [0.717, 1.165) is 38.3 Å². The number of rotatable bonds is 8. The molecule has 0 aromatic carbocycles. The molecule has 1 unspecified atom stereocenters. The molecule has 0 saturated heterocycles. The molecule has 1 N–H and O–H groups in total. The summed E-state index contributed by atoms with van der Waals surface area (Å²) in [5, 5.41) is 3.33. The minimum Gasteiger partial charge on any atom is -0.382 e. The van der Waals surface area contributed by atoms with Crippen molar-refractivity contribution in [3.63, 3.8) is 0 Å². The number of aromatic nitrogens is 2. The summed E-state index contributed by atoms with van der Waals surface area (Å²) in [7, 11) is 4.05. The molecule has 1 atom stereocenters. The number of nitrogens with zero attached hydrogens (tertiary/aromatic N) is 2. The van der Waals surface area contributed by atoms with Gasteiger partial charge in [0.05, 0.1) is 0 Å². The van der Waals surface area contributed by atoms with Gasteiger partial charge in [-0.3, -0.25) is 0 Å². The van der Waals surface area contributed by atoms with Crippen molar-refractivity contribution in [2.45, 2.75) is 32.2 Å². The Kier molecular flexibility index (Phi) is 6.11. The van der Waals surface area contributed by atoms with Crippen molar-refractivity contribution in [2.24, 2.45) is 7.05 Å². The lowest BCUT2D eigenvalue weighted by Crippen LogP contribution is -2.27. The van der Waals surface area contributed by atoms with Crippen LogP contribution in [0.25, 0.3) is 0 Å². The maximum absolute atomic E-state index is 5.37. The van der Waals surface area contributed by atoms with Gasteiger partial charge in [-0.05, 0) is 26.8 Å². The number of hydrogen-bond acceptors (Lipinski definition) is 3. The van der Waals surface area contributed by atoms with Crippen molar-refractivity contribution in [3.8, 4) is 0 Å². The summed E-state index contributed by atoms with van der Waals surface area (Å²) in [6, 6.07) is 0.517. The lowest BCUT2D eigenvalue weighted by molar-refractivity contribution is 0.136. The Morgan fingerprint density at radius 1 is 1.50 bits per heavy atom. The maximum atomic E-state index is 5.37. The van der Waals surface area contributed by atoms with Gasteiger partial charge in [-0.2, -0.15) is 0 Å². The first kappa shape index (κ1) is 13.2. The van der Waals surface area contributed by atoms with E-state index in [2.05, 4.69) is 14.9 Å². The fourth-order valence-electron chi connectivity index (χ4n) is 1.74. The summed E-state index contributed by atoms with van der Waals surface area (Å²) in [4.78, 5) is 4.32. The number of aryl methyl sites for hydroxylation is 2. The molecule has 0 saturated carbocycles. The second-order valence-corrected chi connectivity index (χ2v) is 3.96. The molecule has 0 fully saturated rings. The summed E-state index contributed by atoms with van der Waals surface area (Å²) in [5.41, 5.74) is 0. The second-order valence-electron chi connectivity index (χ2n) is 3.96. The normalized spacial score (nSPS) is 12.9. The molecule has 0 spiro atoms. The van der Waals surface area contributed by atoms with E-state index < -0.39 is 0 Å². The Labute approximate surface area is 98.0 Å². The summed E-state index contributed by atoms with van der Waals surface area (Å²) in [6.45, 7) is 3.67. The predicted octanol–water partition coefficient (Wildman–Crippen LogP) is 1.37. The van der Waals surface area contributed by atoms with Crippen molar-refractivity contribution in [1.82, 2.24) is 14.9 Å². The number of ether oxygens (including phenoxy) is 1. The third-order valence-corrected chi connectivity index (χ3v) is 2.86. The Bertz CT molecular complexity index is 286. The van der Waals surface area contributed by atoms with Crippen LogP contribution in [-0.2, 0) is 18.2 Å². The monoisotopic (exact) mass is 225 g/mol. The van der Waals surface area contributed by atoms with Gasteiger partial charge < -0.3 is 14.6 Å². The third kappa shape index (κ3) is 4.33. The molecular weight excluding hydrogens is 202 g/mol. The summed E-state index contributed by atoms with van der Waals surface area (Å²) >= 11 is 0. The van der Waals surface area contributed by atoms with Crippen LogP contribution in [0.5, 0.6) is 0 Å². The predicted molar refractivity (Wildman–Crippen MR) is 65.5 cm³/mol. The minimum absolute atomic E-state index is 0.517. The second kappa shape index (κ2) is 7.41. The quantitative estimate of drug-likeness (QED) is 0.679. The van der Waals surface area contributed by atoms with Crippen LogP contribution in [-0.4, -0.2) is 35.9 Å². The highest BCUT2D eigenvalue weighted by Gasteiger charge is 2.08. The topological polar surface area (TPSA) is 39.1 Å². The van der Waals surface area contributed by atoms with E-state index in [4.69, 9.17) is 4.74 Å². The fraction of sp³-hybridized carbons (Fsp3) is 0.750. The van der Waals surface area contributed by atoms with Gasteiger partial charge in [-0.25, -0.2) is 4.98 Å². The molecule has 4 nitrogen and oxygen atoms in total. The molecule has 0 aliphatic carbocycles. The van der Waals surface area contributed by atoms with Crippen molar-refractivity contribution in [1.29, 1.82) is 0 Å². The largest absolute Gasteiger partial charge is 0.382 e. The van der Waals surface area contributed by atoms with Gasteiger partial charge in [0.2, 0.25) is 0 Å². The molecule has 1 rings (SSSR count). The van der Waals surface area contributed by atoms with Gasteiger partial charge in [-0.1, -0.05) is 0 Å². The fourth-order valence-corrected chi connectivity index (χ4v) is 1.74. The highest BCUT2D eigenvalue weighted by Crippen LogP contribution is 2.05. The van der Waals surface area contributed by atoms with Crippen molar-refractivity contribution in [2.75, 3.05) is 20.3 Å². The van der Waals surface area contributed by atoms with Gasteiger partial charge >= 0.3 is 0 Å². The minimum atomic E-state index is 0.517. The Morgan fingerprint density at radius 2 is 2.31 bits per heavy atom. The molecule has 16 heavy (non-hydrogen) atoms. The highest BCUT2D eigenvalue weighted by atomic mass is 16.5. The third-order valence-electron chi connectivity index (χ3n) is 2.86. The molecule has 92 valence electrons. The van der Waals surface area contributed by atoms with Gasteiger partial charge in [0, 0.05) is 45.1 Å². The first-order valence-corrected chi connectivity index (χ1v) is 5.99. The number of nitrogens with one attached hydrogen (secondary N) is 1. The maximum Gasteiger partial charge on any atom is 0.108 e. The molecule has 0 aliphatic heterocycles. The van der Waals surface area contributed by atoms with E-state index in [-0.39, 0.29) is 0 Å². The van der Waals surface area contributed by atoms with E-state index >= 15 is 0 Å². The first-order chi connectivity index (χ1) is 7.77. The van der Waals surface area contributed by atoms with Crippen molar-refractivity contribution in [3.05, 3.63) is 18.2 Å². The van der Waals surface area contributed by atoms with E-state index in [0.29, 0.717) is 6.04 Å². The molecule has 4 heteroatoms. The molecular formula is C12H23N3O. The van der Waals surface area contributed by atoms with Crippen LogP contribution < -0.4 is 5.32 Å². The van der Waals surface area contributed by atoms with Crippen LogP contribution in [0, 0.1) is 0 Å². The molecule has 0 radical (unpaired) electrons. The zero-order chi connectivity index (χ0) is 11.8. The highest BCUT2D eigenvalue weighted by molar-refractivity contribution is 4.91. The van der Waals surface area contributed by atoms with E-state index in [1.807, 2.05) is 33.4 Å². The smallest absolute Gasteiger partial charge is 0.108 e. The number of imidazole rings is 1. The molecule has 1 aromatic rings. The van der Waals surface area contributed by atoms with Gasteiger partial charge in [0.1, 0.15) is 5.82 Å². The number of hydrogen-bond donors (Lipinski definition) is 1. The first-order valence-electron chi connectivity index (χ1n) is 5.99. The van der Waals surface area contributed by atoms with Crippen LogP contribution in [0.4, 0.5) is 0 Å². The Hall–Kier alpha value is -0.870. The van der Waals surface area contributed by atoms with E-state index in [1.54, 1.807) is 0 Å².